The van der Waals surface area contributed by atoms with E-state index < -0.39 is 0 Å². The maximum absolute atomic E-state index is 12.7. The summed E-state index contributed by atoms with van der Waals surface area (Å²) in [5.74, 6) is -0.0732. The van der Waals surface area contributed by atoms with Gasteiger partial charge in [0.15, 0.2) is 23.9 Å². The highest BCUT2D eigenvalue weighted by Gasteiger charge is 2.32. The van der Waals surface area contributed by atoms with Gasteiger partial charge in [0.1, 0.15) is 35.2 Å². The van der Waals surface area contributed by atoms with Crippen LogP contribution in [-0.2, 0) is 17.9 Å². The Morgan fingerprint density at radius 2 is 1.91 bits per heavy atom. The maximum Gasteiger partial charge on any atom is 0.265 e. The molecule has 2 heterocycles. The first-order chi connectivity index (χ1) is 16.3. The van der Waals surface area contributed by atoms with Gasteiger partial charge >= 0.3 is 0 Å². The number of rotatable bonds is 8. The average molecular weight is 466 g/mol. The van der Waals surface area contributed by atoms with Gasteiger partial charge in [-0.3, -0.25) is 19.3 Å². The lowest BCUT2D eigenvalue weighted by Crippen LogP contribution is -2.39. The number of ether oxygens (including phenoxy) is 3. The molecule has 0 atom stereocenters. The van der Waals surface area contributed by atoms with E-state index in [9.17, 15) is 19.5 Å². The number of methoxy groups -OCH3 is 2. The number of amides is 1. The molecular formula is C23H22N4O7. The van der Waals surface area contributed by atoms with Gasteiger partial charge in [-0.2, -0.15) is 0 Å². The van der Waals surface area contributed by atoms with Crippen LogP contribution in [0.3, 0.4) is 0 Å². The van der Waals surface area contributed by atoms with Crippen LogP contribution < -0.4 is 19.1 Å². The Labute approximate surface area is 194 Å². The van der Waals surface area contributed by atoms with Gasteiger partial charge in [0.25, 0.3) is 5.91 Å². The first kappa shape index (κ1) is 22.8. The molecule has 34 heavy (non-hydrogen) atoms. The molecule has 3 aromatic rings. The maximum atomic E-state index is 12.7. The zero-order valence-electron chi connectivity index (χ0n) is 18.8. The van der Waals surface area contributed by atoms with Crippen molar-refractivity contribution < 1.29 is 33.7 Å². The number of hydrogen-bond acceptors (Lipinski definition) is 9. The Balaban J connectivity index is 1.57. The van der Waals surface area contributed by atoms with E-state index >= 15 is 0 Å². The molecule has 4 rings (SSSR count). The van der Waals surface area contributed by atoms with Crippen LogP contribution >= 0.6 is 0 Å². The number of anilines is 1. The van der Waals surface area contributed by atoms with E-state index in [4.69, 9.17) is 14.2 Å². The molecule has 0 saturated carbocycles. The second-order valence-corrected chi connectivity index (χ2v) is 7.53. The third-order valence-electron chi connectivity index (χ3n) is 5.32. The van der Waals surface area contributed by atoms with Gasteiger partial charge in [0, 0.05) is 6.07 Å². The number of phenols is 1. The van der Waals surface area contributed by atoms with Crippen LogP contribution in [0.5, 0.6) is 23.0 Å². The number of aromatic nitrogens is 3. The molecule has 1 amide bonds. The summed E-state index contributed by atoms with van der Waals surface area (Å²) in [6.07, 6.45) is 1.53. The molecular weight excluding hydrogens is 444 g/mol. The summed E-state index contributed by atoms with van der Waals surface area (Å²) < 4.78 is 17.3. The lowest BCUT2D eigenvalue weighted by molar-refractivity contribution is -0.121. The van der Waals surface area contributed by atoms with Crippen molar-refractivity contribution >= 4 is 23.2 Å². The van der Waals surface area contributed by atoms with Crippen LogP contribution in [0.25, 0.3) is 0 Å². The first-order valence-electron chi connectivity index (χ1n) is 10.3. The number of fused-ring (bicyclic) bond motifs is 1. The summed E-state index contributed by atoms with van der Waals surface area (Å²) in [5.41, 5.74) is 1.20. The number of aromatic hydroxyl groups is 1. The second-order valence-electron chi connectivity index (χ2n) is 7.53. The van der Waals surface area contributed by atoms with Crippen LogP contribution in [0.1, 0.15) is 33.3 Å². The number of nitrogens with zero attached hydrogens (tertiary/aromatic N) is 4. The molecule has 0 aliphatic carbocycles. The standard InChI is InChI=1S/C23H22N4O7/c1-13(28)16-6-7-20(33-3)22-23(16)34-12-21(31)27(22)10-14-9-26(25-24-14)11-19(30)17-5-4-15(32-2)8-18(17)29/h4-9,29H,10-12H2,1-3H3. The number of benzene rings is 2. The van der Waals surface area contributed by atoms with Crippen LogP contribution in [0.15, 0.2) is 36.5 Å². The zero-order valence-corrected chi connectivity index (χ0v) is 18.8. The van der Waals surface area contributed by atoms with Crippen molar-refractivity contribution in [1.82, 2.24) is 15.0 Å². The van der Waals surface area contributed by atoms with E-state index in [0.717, 1.165) is 0 Å². The molecule has 1 aromatic heterocycles. The highest BCUT2D eigenvalue weighted by atomic mass is 16.5. The molecule has 176 valence electrons. The van der Waals surface area contributed by atoms with Crippen LogP contribution in [-0.4, -0.2) is 58.4 Å². The summed E-state index contributed by atoms with van der Waals surface area (Å²) in [4.78, 5) is 38.8. The molecule has 0 radical (unpaired) electrons. The fourth-order valence-electron chi connectivity index (χ4n) is 3.66. The summed E-state index contributed by atoms with van der Waals surface area (Å²) in [6, 6.07) is 7.58. The molecule has 1 N–H and O–H groups in total. The van der Waals surface area contributed by atoms with Gasteiger partial charge in [0.05, 0.1) is 38.1 Å². The lowest BCUT2D eigenvalue weighted by Gasteiger charge is -2.31. The predicted octanol–water partition coefficient (Wildman–Crippen LogP) is 2.01. The number of phenolic OH excluding ortho intramolecular Hbond substituents is 1. The largest absolute Gasteiger partial charge is 0.507 e. The van der Waals surface area contributed by atoms with Crippen molar-refractivity contribution in [2.24, 2.45) is 0 Å². The summed E-state index contributed by atoms with van der Waals surface area (Å²) in [6.45, 7) is 1.02. The van der Waals surface area contributed by atoms with Crippen LogP contribution in [0.4, 0.5) is 5.69 Å². The number of carbonyl (C=O) groups excluding carboxylic acids is 3. The van der Waals surface area contributed by atoms with Crippen molar-refractivity contribution in [3.05, 3.63) is 53.3 Å². The van der Waals surface area contributed by atoms with E-state index in [1.165, 1.54) is 49.1 Å². The fraction of sp³-hybridized carbons (Fsp3) is 0.261. The molecule has 0 saturated heterocycles. The summed E-state index contributed by atoms with van der Waals surface area (Å²) >= 11 is 0. The van der Waals surface area contributed by atoms with Crippen molar-refractivity contribution in [2.45, 2.75) is 20.0 Å². The van der Waals surface area contributed by atoms with E-state index in [2.05, 4.69) is 10.3 Å². The Morgan fingerprint density at radius 1 is 1.15 bits per heavy atom. The number of Topliss-reactive ketones (excluding diaryl/α,β-unsaturated/α-hetero) is 2. The lowest BCUT2D eigenvalue weighted by atomic mass is 10.1. The quantitative estimate of drug-likeness (QED) is 0.495. The van der Waals surface area contributed by atoms with Crippen LogP contribution in [0.2, 0.25) is 0 Å². The van der Waals surface area contributed by atoms with Gasteiger partial charge in [0.2, 0.25) is 0 Å². The summed E-state index contributed by atoms with van der Waals surface area (Å²) in [7, 11) is 2.91. The highest BCUT2D eigenvalue weighted by Crippen LogP contribution is 2.43. The predicted molar refractivity (Wildman–Crippen MR) is 119 cm³/mol. The molecule has 11 nitrogen and oxygen atoms in total. The number of carbonyl (C=O) groups is 3. The third kappa shape index (κ3) is 4.27. The molecule has 0 spiro atoms. The highest BCUT2D eigenvalue weighted by molar-refractivity contribution is 6.05. The van der Waals surface area contributed by atoms with E-state index in [0.29, 0.717) is 28.4 Å². The topological polar surface area (TPSA) is 133 Å². The Morgan fingerprint density at radius 3 is 2.59 bits per heavy atom. The van der Waals surface area contributed by atoms with Crippen LogP contribution in [0, 0.1) is 0 Å². The Bertz CT molecular complexity index is 1280. The fourth-order valence-corrected chi connectivity index (χ4v) is 3.66. The molecule has 0 fully saturated rings. The van der Waals surface area contributed by atoms with Crippen molar-refractivity contribution in [1.29, 1.82) is 0 Å². The van der Waals surface area contributed by atoms with E-state index in [1.54, 1.807) is 18.2 Å². The molecule has 1 aliphatic heterocycles. The third-order valence-corrected chi connectivity index (χ3v) is 5.32. The second kappa shape index (κ2) is 9.22. The smallest absolute Gasteiger partial charge is 0.265 e. The van der Waals surface area contributed by atoms with Gasteiger partial charge in [-0.25, -0.2) is 4.68 Å². The van der Waals surface area contributed by atoms with Crippen molar-refractivity contribution in [3.8, 4) is 23.0 Å². The van der Waals surface area contributed by atoms with Gasteiger partial charge in [-0.05, 0) is 31.2 Å². The molecule has 0 bridgehead atoms. The molecule has 2 aromatic carbocycles. The normalized spacial score (nSPS) is 12.7. The summed E-state index contributed by atoms with van der Waals surface area (Å²) in [5, 5.41) is 18.1. The SMILES string of the molecule is COc1ccc(C(=O)Cn2cc(CN3C(=O)COc4c(C(C)=O)ccc(OC)c43)nn2)c(O)c1. The molecule has 0 unspecified atom stereocenters. The monoisotopic (exact) mass is 466 g/mol. The van der Waals surface area contributed by atoms with E-state index in [1.807, 2.05) is 0 Å². The zero-order chi connectivity index (χ0) is 24.4. The van der Waals surface area contributed by atoms with Gasteiger partial charge in [-0.1, -0.05) is 5.21 Å². The average Bonchev–Trinajstić information content (AvgIpc) is 3.26. The van der Waals surface area contributed by atoms with Crippen molar-refractivity contribution in [3.63, 3.8) is 0 Å². The molecule has 1 aliphatic rings. The Kier molecular flexibility index (Phi) is 6.17. The number of ketones is 2. The van der Waals surface area contributed by atoms with Gasteiger partial charge in [-0.15, -0.1) is 5.10 Å². The van der Waals surface area contributed by atoms with E-state index in [-0.39, 0.29) is 54.2 Å². The number of hydrogen-bond donors (Lipinski definition) is 1. The van der Waals surface area contributed by atoms with Crippen molar-refractivity contribution in [2.75, 3.05) is 25.7 Å². The Hall–Kier alpha value is -4.41. The minimum absolute atomic E-state index is 0.0227. The minimum Gasteiger partial charge on any atom is -0.507 e. The minimum atomic E-state index is -0.378. The first-order valence-corrected chi connectivity index (χ1v) is 10.3. The molecule has 11 heteroatoms. The van der Waals surface area contributed by atoms with Gasteiger partial charge < -0.3 is 19.3 Å².